The zero-order valence-electron chi connectivity index (χ0n) is 11.8. The molecule has 1 aliphatic heterocycles. The lowest BCUT2D eigenvalue weighted by atomic mass is 9.88. The Morgan fingerprint density at radius 2 is 2.20 bits per heavy atom. The first-order valence-electron chi connectivity index (χ1n) is 6.70. The lowest BCUT2D eigenvalue weighted by Crippen LogP contribution is -2.32. The number of nitrogens with two attached hydrogens (primary N) is 1. The maximum atomic E-state index is 12.1. The van der Waals surface area contributed by atoms with Crippen molar-refractivity contribution in [3.05, 3.63) is 28.8 Å². The number of rotatable bonds is 5. The molecule has 0 fully saturated rings. The number of amides is 1. The predicted octanol–water partition coefficient (Wildman–Crippen LogP) is 3.32. The van der Waals surface area contributed by atoms with E-state index >= 15 is 0 Å². The summed E-state index contributed by atoms with van der Waals surface area (Å²) in [5, 5.41) is 0.659. The molecule has 0 aromatic heterocycles. The smallest absolute Gasteiger partial charge is 0.231 e. The molecule has 1 aliphatic rings. The number of carbonyl (C=O) groups is 1. The minimum atomic E-state index is -0.171. The van der Waals surface area contributed by atoms with E-state index in [-0.39, 0.29) is 11.3 Å². The number of thiocarbonyl (C=S) groups is 1. The summed E-state index contributed by atoms with van der Waals surface area (Å²) >= 11 is 11.1. The largest absolute Gasteiger partial charge is 0.393 e. The Morgan fingerprint density at radius 1 is 1.50 bits per heavy atom. The minimum Gasteiger partial charge on any atom is -0.393 e. The Morgan fingerprint density at radius 3 is 2.85 bits per heavy atom. The zero-order chi connectivity index (χ0) is 14.9. The maximum Gasteiger partial charge on any atom is 0.231 e. The lowest BCUT2D eigenvalue weighted by molar-refractivity contribution is -0.117. The molecule has 0 saturated heterocycles. The van der Waals surface area contributed by atoms with Gasteiger partial charge in [-0.25, -0.2) is 0 Å². The third-order valence-electron chi connectivity index (χ3n) is 3.83. The molecule has 20 heavy (non-hydrogen) atoms. The number of fused-ring (bicyclic) bond motifs is 1. The standard InChI is InChI=1S/C15H19ClN2OS/c1-15(2,14(17)20)6-3-7-18-12-9-11(16)5-4-10(12)8-13(18)19/h4-5,9H,3,6-8H2,1-2H3,(H2,17,20). The third-order valence-corrected chi connectivity index (χ3v) is 4.62. The third kappa shape index (κ3) is 3.13. The van der Waals surface area contributed by atoms with Crippen LogP contribution >= 0.6 is 23.8 Å². The van der Waals surface area contributed by atoms with Crippen LogP contribution < -0.4 is 10.6 Å². The van der Waals surface area contributed by atoms with E-state index in [0.717, 1.165) is 24.1 Å². The molecular weight excluding hydrogens is 292 g/mol. The monoisotopic (exact) mass is 310 g/mol. The second-order valence-electron chi connectivity index (χ2n) is 5.85. The Labute approximate surface area is 130 Å². The summed E-state index contributed by atoms with van der Waals surface area (Å²) in [6, 6.07) is 5.61. The van der Waals surface area contributed by atoms with Crippen molar-refractivity contribution in [1.29, 1.82) is 0 Å². The van der Waals surface area contributed by atoms with Crippen LogP contribution in [0.2, 0.25) is 5.02 Å². The molecule has 1 amide bonds. The summed E-state index contributed by atoms with van der Waals surface area (Å²) in [4.78, 5) is 14.4. The molecule has 2 rings (SSSR count). The Balaban J connectivity index is 2.03. The first-order valence-corrected chi connectivity index (χ1v) is 7.48. The summed E-state index contributed by atoms with van der Waals surface area (Å²) < 4.78 is 0. The fraction of sp³-hybridized carbons (Fsp3) is 0.467. The van der Waals surface area contributed by atoms with Crippen LogP contribution in [0.15, 0.2) is 18.2 Å². The van der Waals surface area contributed by atoms with E-state index in [1.54, 1.807) is 0 Å². The highest BCUT2D eigenvalue weighted by Crippen LogP contribution is 2.32. The summed E-state index contributed by atoms with van der Waals surface area (Å²) in [6.07, 6.45) is 2.19. The predicted molar refractivity (Wildman–Crippen MR) is 87.3 cm³/mol. The normalized spacial score (nSPS) is 14.6. The van der Waals surface area contributed by atoms with Crippen LogP contribution in [-0.2, 0) is 11.2 Å². The summed E-state index contributed by atoms with van der Waals surface area (Å²) in [7, 11) is 0. The average Bonchev–Trinajstić information content (AvgIpc) is 2.65. The van der Waals surface area contributed by atoms with E-state index in [1.165, 1.54) is 0 Å². The molecule has 0 bridgehead atoms. The van der Waals surface area contributed by atoms with Crippen LogP contribution in [-0.4, -0.2) is 17.4 Å². The van der Waals surface area contributed by atoms with Gasteiger partial charge in [0, 0.05) is 22.7 Å². The van der Waals surface area contributed by atoms with Crippen LogP contribution in [0.4, 0.5) is 5.69 Å². The first-order chi connectivity index (χ1) is 9.31. The van der Waals surface area contributed by atoms with Crippen molar-refractivity contribution in [2.45, 2.75) is 33.1 Å². The number of anilines is 1. The van der Waals surface area contributed by atoms with Crippen molar-refractivity contribution in [3.63, 3.8) is 0 Å². The van der Waals surface area contributed by atoms with Crippen molar-refractivity contribution in [1.82, 2.24) is 0 Å². The molecule has 3 nitrogen and oxygen atoms in total. The minimum absolute atomic E-state index is 0.135. The fourth-order valence-electron chi connectivity index (χ4n) is 2.38. The van der Waals surface area contributed by atoms with E-state index in [4.69, 9.17) is 29.6 Å². The van der Waals surface area contributed by atoms with E-state index < -0.39 is 0 Å². The molecule has 0 radical (unpaired) electrons. The molecule has 108 valence electrons. The van der Waals surface area contributed by atoms with Gasteiger partial charge in [-0.15, -0.1) is 0 Å². The highest BCUT2D eigenvalue weighted by molar-refractivity contribution is 7.80. The topological polar surface area (TPSA) is 46.3 Å². The first kappa shape index (κ1) is 15.3. The van der Waals surface area contributed by atoms with Crippen molar-refractivity contribution >= 4 is 40.4 Å². The van der Waals surface area contributed by atoms with Crippen LogP contribution in [0.5, 0.6) is 0 Å². The molecule has 2 N–H and O–H groups in total. The molecular formula is C15H19ClN2OS. The number of carbonyl (C=O) groups excluding carboxylic acids is 1. The number of hydrogen-bond donors (Lipinski definition) is 1. The molecule has 0 atom stereocenters. The zero-order valence-corrected chi connectivity index (χ0v) is 13.4. The van der Waals surface area contributed by atoms with Crippen molar-refractivity contribution in [2.24, 2.45) is 11.1 Å². The van der Waals surface area contributed by atoms with Crippen molar-refractivity contribution in [3.8, 4) is 0 Å². The van der Waals surface area contributed by atoms with E-state index in [0.29, 0.717) is 23.0 Å². The molecule has 1 aromatic rings. The van der Waals surface area contributed by atoms with Gasteiger partial charge in [-0.2, -0.15) is 0 Å². The molecule has 0 unspecified atom stereocenters. The number of benzene rings is 1. The van der Waals surface area contributed by atoms with Gasteiger partial charge in [-0.05, 0) is 30.5 Å². The fourth-order valence-corrected chi connectivity index (χ4v) is 2.65. The average molecular weight is 311 g/mol. The van der Waals surface area contributed by atoms with Gasteiger partial charge in [0.25, 0.3) is 0 Å². The molecule has 0 aliphatic carbocycles. The molecule has 5 heteroatoms. The van der Waals surface area contributed by atoms with Gasteiger partial charge in [-0.3, -0.25) is 4.79 Å². The highest BCUT2D eigenvalue weighted by atomic mass is 35.5. The number of nitrogens with zero attached hydrogens (tertiary/aromatic N) is 1. The van der Waals surface area contributed by atoms with Gasteiger partial charge in [0.2, 0.25) is 5.91 Å². The Hall–Kier alpha value is -1.13. The Kier molecular flexibility index (Phi) is 4.35. The summed E-state index contributed by atoms with van der Waals surface area (Å²) in [5.74, 6) is 0.135. The second-order valence-corrected chi connectivity index (χ2v) is 6.72. The van der Waals surface area contributed by atoms with Crippen LogP contribution in [0.1, 0.15) is 32.3 Å². The van der Waals surface area contributed by atoms with E-state index in [9.17, 15) is 4.79 Å². The number of hydrogen-bond acceptors (Lipinski definition) is 2. The second kappa shape index (κ2) is 5.70. The summed E-state index contributed by atoms with van der Waals surface area (Å²) in [6.45, 7) is 4.75. The molecule has 0 saturated carbocycles. The van der Waals surface area contributed by atoms with Gasteiger partial charge in [-0.1, -0.05) is 43.7 Å². The van der Waals surface area contributed by atoms with Crippen LogP contribution in [0.25, 0.3) is 0 Å². The van der Waals surface area contributed by atoms with Gasteiger partial charge < -0.3 is 10.6 Å². The molecule has 0 spiro atoms. The Bertz CT molecular complexity index is 557. The van der Waals surface area contributed by atoms with Crippen LogP contribution in [0, 0.1) is 5.41 Å². The quantitative estimate of drug-likeness (QED) is 0.849. The SMILES string of the molecule is CC(C)(CCCN1C(=O)Cc2ccc(Cl)cc21)C(N)=S. The van der Waals surface area contributed by atoms with E-state index in [1.807, 2.05) is 36.9 Å². The summed E-state index contributed by atoms with van der Waals surface area (Å²) in [5.41, 5.74) is 7.54. The molecule has 1 heterocycles. The number of halogens is 1. The molecule has 1 aromatic carbocycles. The van der Waals surface area contributed by atoms with Gasteiger partial charge in [0.1, 0.15) is 0 Å². The maximum absolute atomic E-state index is 12.1. The van der Waals surface area contributed by atoms with Gasteiger partial charge in [0.05, 0.1) is 11.4 Å². The van der Waals surface area contributed by atoms with Gasteiger partial charge in [0.15, 0.2) is 0 Å². The van der Waals surface area contributed by atoms with E-state index in [2.05, 4.69) is 0 Å². The lowest BCUT2D eigenvalue weighted by Gasteiger charge is -2.25. The van der Waals surface area contributed by atoms with Crippen LogP contribution in [0.3, 0.4) is 0 Å². The van der Waals surface area contributed by atoms with Crippen molar-refractivity contribution in [2.75, 3.05) is 11.4 Å². The highest BCUT2D eigenvalue weighted by Gasteiger charge is 2.28. The van der Waals surface area contributed by atoms with Crippen molar-refractivity contribution < 1.29 is 4.79 Å². The van der Waals surface area contributed by atoms with Gasteiger partial charge >= 0.3 is 0 Å².